The van der Waals surface area contributed by atoms with Crippen molar-refractivity contribution in [3.8, 4) is 0 Å². The molecule has 20 heavy (non-hydrogen) atoms. The van der Waals surface area contributed by atoms with Crippen LogP contribution in [-0.2, 0) is 11.3 Å². The summed E-state index contributed by atoms with van der Waals surface area (Å²) in [5.74, 6) is 0.854. The molecule has 0 spiro atoms. The van der Waals surface area contributed by atoms with Crippen molar-refractivity contribution in [1.29, 1.82) is 0 Å². The summed E-state index contributed by atoms with van der Waals surface area (Å²) in [4.78, 5) is 14.1. The second-order valence-corrected chi connectivity index (χ2v) is 6.06. The molecule has 1 aromatic carbocycles. The Kier molecular flexibility index (Phi) is 5.45. The molecule has 0 saturated heterocycles. The molecule has 110 valence electrons. The molecule has 1 amide bonds. The lowest BCUT2D eigenvalue weighted by atomic mass is 9.96. The van der Waals surface area contributed by atoms with Crippen LogP contribution in [0.5, 0.6) is 0 Å². The summed E-state index contributed by atoms with van der Waals surface area (Å²) >= 11 is 0. The molecule has 1 aliphatic carbocycles. The first kappa shape index (κ1) is 14.9. The van der Waals surface area contributed by atoms with Gasteiger partial charge in [-0.15, -0.1) is 0 Å². The summed E-state index contributed by atoms with van der Waals surface area (Å²) in [6.45, 7) is 0.649. The van der Waals surface area contributed by atoms with E-state index < -0.39 is 0 Å². The fourth-order valence-electron chi connectivity index (χ4n) is 3.02. The summed E-state index contributed by atoms with van der Waals surface area (Å²) in [5.41, 5.74) is 7.63. The van der Waals surface area contributed by atoms with E-state index in [4.69, 9.17) is 5.73 Å². The fraction of sp³-hybridized carbons (Fsp3) is 0.588. The average molecular weight is 274 g/mol. The van der Waals surface area contributed by atoms with E-state index in [-0.39, 0.29) is 5.91 Å². The summed E-state index contributed by atoms with van der Waals surface area (Å²) in [6, 6.07) is 7.77. The van der Waals surface area contributed by atoms with Crippen molar-refractivity contribution >= 4 is 11.6 Å². The first-order chi connectivity index (χ1) is 9.65. The van der Waals surface area contributed by atoms with Crippen molar-refractivity contribution in [3.63, 3.8) is 0 Å². The molecule has 3 heteroatoms. The fourth-order valence-corrected chi connectivity index (χ4v) is 3.02. The SMILES string of the molecule is CN(Cc1cccc(N)c1)C(=O)CC1CCCCCC1. The Balaban J connectivity index is 1.85. The van der Waals surface area contributed by atoms with Crippen molar-refractivity contribution < 1.29 is 4.79 Å². The van der Waals surface area contributed by atoms with Crippen LogP contribution in [0.2, 0.25) is 0 Å². The number of hydrogen-bond acceptors (Lipinski definition) is 2. The maximum absolute atomic E-state index is 12.3. The molecule has 1 aliphatic rings. The molecule has 1 fully saturated rings. The molecule has 1 aromatic rings. The largest absolute Gasteiger partial charge is 0.399 e. The lowest BCUT2D eigenvalue weighted by molar-refractivity contribution is -0.131. The molecule has 0 atom stereocenters. The highest BCUT2D eigenvalue weighted by Crippen LogP contribution is 2.26. The number of anilines is 1. The standard InChI is InChI=1S/C17H26N2O/c1-19(13-15-9-6-10-16(18)11-15)17(20)12-14-7-4-2-3-5-8-14/h6,9-11,14H,2-5,7-8,12-13,18H2,1H3. The maximum atomic E-state index is 12.3. The Hall–Kier alpha value is -1.51. The van der Waals surface area contributed by atoms with Crippen LogP contribution in [0.3, 0.4) is 0 Å². The summed E-state index contributed by atoms with van der Waals surface area (Å²) in [6.07, 6.45) is 8.40. The predicted molar refractivity (Wildman–Crippen MR) is 83.1 cm³/mol. The molecule has 0 heterocycles. The van der Waals surface area contributed by atoms with Crippen LogP contribution in [0.15, 0.2) is 24.3 Å². The van der Waals surface area contributed by atoms with Crippen LogP contribution >= 0.6 is 0 Å². The normalized spacial score (nSPS) is 16.6. The van der Waals surface area contributed by atoms with E-state index in [0.29, 0.717) is 18.9 Å². The minimum absolute atomic E-state index is 0.263. The number of nitrogen functional groups attached to an aromatic ring is 1. The van der Waals surface area contributed by atoms with Crippen LogP contribution in [0.25, 0.3) is 0 Å². The van der Waals surface area contributed by atoms with Gasteiger partial charge in [-0.05, 0) is 36.5 Å². The maximum Gasteiger partial charge on any atom is 0.222 e. The van der Waals surface area contributed by atoms with Gasteiger partial charge >= 0.3 is 0 Å². The lowest BCUT2D eigenvalue weighted by Gasteiger charge is -2.21. The number of benzene rings is 1. The van der Waals surface area contributed by atoms with E-state index >= 15 is 0 Å². The van der Waals surface area contributed by atoms with Gasteiger partial charge in [-0.25, -0.2) is 0 Å². The van der Waals surface area contributed by atoms with Crippen LogP contribution in [-0.4, -0.2) is 17.9 Å². The highest BCUT2D eigenvalue weighted by Gasteiger charge is 2.18. The van der Waals surface area contributed by atoms with Gasteiger partial charge in [-0.1, -0.05) is 37.8 Å². The lowest BCUT2D eigenvalue weighted by Crippen LogP contribution is -2.28. The van der Waals surface area contributed by atoms with E-state index in [0.717, 1.165) is 11.3 Å². The number of carbonyl (C=O) groups is 1. The summed E-state index contributed by atoms with van der Waals surface area (Å²) in [5, 5.41) is 0. The van der Waals surface area contributed by atoms with Crippen molar-refractivity contribution in [2.75, 3.05) is 12.8 Å². The van der Waals surface area contributed by atoms with Gasteiger partial charge in [0.15, 0.2) is 0 Å². The molecule has 2 N–H and O–H groups in total. The van der Waals surface area contributed by atoms with E-state index in [1.165, 1.54) is 38.5 Å². The van der Waals surface area contributed by atoms with Crippen molar-refractivity contribution in [1.82, 2.24) is 4.90 Å². The Morgan fingerprint density at radius 3 is 2.60 bits per heavy atom. The summed E-state index contributed by atoms with van der Waals surface area (Å²) in [7, 11) is 1.89. The molecular weight excluding hydrogens is 248 g/mol. The Bertz CT molecular complexity index is 436. The smallest absolute Gasteiger partial charge is 0.222 e. The highest BCUT2D eigenvalue weighted by molar-refractivity contribution is 5.76. The average Bonchev–Trinajstić information content (AvgIpc) is 2.67. The van der Waals surface area contributed by atoms with E-state index in [1.54, 1.807) is 0 Å². The molecule has 3 nitrogen and oxygen atoms in total. The zero-order valence-corrected chi connectivity index (χ0v) is 12.5. The third-order valence-electron chi connectivity index (χ3n) is 4.23. The monoisotopic (exact) mass is 274 g/mol. The second-order valence-electron chi connectivity index (χ2n) is 6.06. The Labute approximate surface area is 122 Å². The number of carbonyl (C=O) groups excluding carboxylic acids is 1. The first-order valence-corrected chi connectivity index (χ1v) is 7.73. The van der Waals surface area contributed by atoms with E-state index in [9.17, 15) is 4.79 Å². The van der Waals surface area contributed by atoms with Gasteiger partial charge in [0.05, 0.1) is 0 Å². The van der Waals surface area contributed by atoms with Crippen LogP contribution in [0, 0.1) is 5.92 Å². The number of hydrogen-bond donors (Lipinski definition) is 1. The van der Waals surface area contributed by atoms with Crippen molar-refractivity contribution in [2.24, 2.45) is 5.92 Å². The number of nitrogens with zero attached hydrogens (tertiary/aromatic N) is 1. The molecule has 2 rings (SSSR count). The quantitative estimate of drug-likeness (QED) is 0.673. The third kappa shape index (κ3) is 4.55. The number of amides is 1. The molecule has 0 bridgehead atoms. The minimum atomic E-state index is 0.263. The first-order valence-electron chi connectivity index (χ1n) is 7.73. The van der Waals surface area contributed by atoms with Crippen LogP contribution in [0.4, 0.5) is 5.69 Å². The molecule has 0 radical (unpaired) electrons. The molecule has 1 saturated carbocycles. The predicted octanol–water partition coefficient (Wildman–Crippen LogP) is 3.59. The Morgan fingerprint density at radius 2 is 1.95 bits per heavy atom. The van der Waals surface area contributed by atoms with Crippen LogP contribution in [0.1, 0.15) is 50.5 Å². The molecule has 0 aliphatic heterocycles. The van der Waals surface area contributed by atoms with Gasteiger partial charge in [0, 0.05) is 25.7 Å². The van der Waals surface area contributed by atoms with E-state index in [2.05, 4.69) is 0 Å². The van der Waals surface area contributed by atoms with Crippen molar-refractivity contribution in [2.45, 2.75) is 51.5 Å². The van der Waals surface area contributed by atoms with Gasteiger partial charge in [0.2, 0.25) is 5.91 Å². The number of rotatable bonds is 4. The van der Waals surface area contributed by atoms with Gasteiger partial charge < -0.3 is 10.6 Å². The van der Waals surface area contributed by atoms with Crippen LogP contribution < -0.4 is 5.73 Å². The van der Waals surface area contributed by atoms with Gasteiger partial charge in [-0.3, -0.25) is 4.79 Å². The van der Waals surface area contributed by atoms with Gasteiger partial charge in [0.1, 0.15) is 0 Å². The van der Waals surface area contributed by atoms with E-state index in [1.807, 2.05) is 36.2 Å². The van der Waals surface area contributed by atoms with Gasteiger partial charge in [0.25, 0.3) is 0 Å². The Morgan fingerprint density at radius 1 is 1.25 bits per heavy atom. The topological polar surface area (TPSA) is 46.3 Å². The molecular formula is C17H26N2O. The molecule has 0 unspecified atom stereocenters. The molecule has 0 aromatic heterocycles. The number of nitrogens with two attached hydrogens (primary N) is 1. The highest BCUT2D eigenvalue weighted by atomic mass is 16.2. The summed E-state index contributed by atoms with van der Waals surface area (Å²) < 4.78 is 0. The third-order valence-corrected chi connectivity index (χ3v) is 4.23. The minimum Gasteiger partial charge on any atom is -0.399 e. The second kappa shape index (κ2) is 7.32. The zero-order valence-electron chi connectivity index (χ0n) is 12.5. The van der Waals surface area contributed by atoms with Crippen molar-refractivity contribution in [3.05, 3.63) is 29.8 Å². The van der Waals surface area contributed by atoms with Gasteiger partial charge in [-0.2, -0.15) is 0 Å². The zero-order chi connectivity index (χ0) is 14.4.